The molecule has 2 aliphatic rings. The lowest BCUT2D eigenvalue weighted by Crippen LogP contribution is -2.50. The monoisotopic (exact) mass is 470 g/mol. The fourth-order valence-electron chi connectivity index (χ4n) is 4.15. The molecule has 0 atom stereocenters. The van der Waals surface area contributed by atoms with E-state index in [1.54, 1.807) is 28.0 Å². The van der Waals surface area contributed by atoms with Crippen molar-refractivity contribution in [2.45, 2.75) is 24.3 Å². The van der Waals surface area contributed by atoms with Gasteiger partial charge in [0.1, 0.15) is 0 Å². The van der Waals surface area contributed by atoms with Crippen molar-refractivity contribution in [3.05, 3.63) is 65.2 Å². The molecule has 2 heterocycles. The van der Waals surface area contributed by atoms with E-state index in [0.717, 1.165) is 18.5 Å². The number of carbonyl (C=O) groups excluding carboxylic acids is 3. The van der Waals surface area contributed by atoms with Gasteiger partial charge in [-0.1, -0.05) is 12.1 Å². The molecular formula is C23H26N4O5S. The highest BCUT2D eigenvalue weighted by atomic mass is 32.2. The van der Waals surface area contributed by atoms with Crippen molar-refractivity contribution in [2.75, 3.05) is 32.7 Å². The number of rotatable bonds is 6. The zero-order valence-electron chi connectivity index (χ0n) is 18.1. The van der Waals surface area contributed by atoms with Crippen LogP contribution in [0.4, 0.5) is 0 Å². The van der Waals surface area contributed by atoms with Crippen molar-refractivity contribution in [1.82, 2.24) is 14.1 Å². The number of hydrogen-bond acceptors (Lipinski definition) is 5. The smallest absolute Gasteiger partial charge is 0.253 e. The molecule has 9 nitrogen and oxygen atoms in total. The number of sulfonamides is 1. The summed E-state index contributed by atoms with van der Waals surface area (Å²) in [6.45, 7) is 2.11. The Bertz CT molecular complexity index is 1170. The van der Waals surface area contributed by atoms with Crippen LogP contribution in [0.2, 0.25) is 0 Å². The fraction of sp³-hybridized carbons (Fsp3) is 0.348. The molecule has 2 N–H and O–H groups in total. The average Bonchev–Trinajstić information content (AvgIpc) is 3.23. The molecule has 4 rings (SSSR count). The minimum absolute atomic E-state index is 0.0800. The van der Waals surface area contributed by atoms with Crippen LogP contribution in [-0.4, -0.2) is 73.0 Å². The quantitative estimate of drug-likeness (QED) is 0.677. The first kappa shape index (κ1) is 22.9. The molecule has 0 unspecified atom stereocenters. The number of likely N-dealkylation sites (tertiary alicyclic amines) is 1. The molecule has 2 aromatic rings. The third kappa shape index (κ3) is 4.91. The Morgan fingerprint density at radius 1 is 0.909 bits per heavy atom. The molecule has 2 aromatic carbocycles. The van der Waals surface area contributed by atoms with Gasteiger partial charge in [0.2, 0.25) is 21.8 Å². The summed E-state index contributed by atoms with van der Waals surface area (Å²) in [7, 11) is -3.74. The summed E-state index contributed by atoms with van der Waals surface area (Å²) in [4.78, 5) is 39.6. The van der Waals surface area contributed by atoms with Gasteiger partial charge in [0.15, 0.2) is 0 Å². The summed E-state index contributed by atoms with van der Waals surface area (Å²) in [6, 6.07) is 12.7. The van der Waals surface area contributed by atoms with Crippen LogP contribution in [-0.2, 0) is 21.4 Å². The molecule has 2 saturated heterocycles. The molecule has 2 fully saturated rings. The molecule has 10 heteroatoms. The van der Waals surface area contributed by atoms with Gasteiger partial charge in [-0.3, -0.25) is 14.4 Å². The van der Waals surface area contributed by atoms with Gasteiger partial charge in [-0.25, -0.2) is 8.42 Å². The Morgan fingerprint density at radius 3 is 2.21 bits per heavy atom. The maximum absolute atomic E-state index is 13.0. The SMILES string of the molecule is NC(=O)c1ccc(S(=O)(=O)N2CCN(C(=O)c3cccc(CN4CCCC4=O)c3)CC2)cc1. The minimum Gasteiger partial charge on any atom is -0.366 e. The maximum Gasteiger partial charge on any atom is 0.253 e. The summed E-state index contributed by atoms with van der Waals surface area (Å²) in [6.07, 6.45) is 1.43. The molecule has 2 aliphatic heterocycles. The Balaban J connectivity index is 1.39. The van der Waals surface area contributed by atoms with Gasteiger partial charge in [-0.2, -0.15) is 4.31 Å². The number of benzene rings is 2. The van der Waals surface area contributed by atoms with Crippen molar-refractivity contribution < 1.29 is 22.8 Å². The van der Waals surface area contributed by atoms with E-state index in [0.29, 0.717) is 18.5 Å². The van der Waals surface area contributed by atoms with E-state index in [2.05, 4.69) is 0 Å². The van der Waals surface area contributed by atoms with Crippen LogP contribution in [0.3, 0.4) is 0 Å². The van der Waals surface area contributed by atoms with E-state index in [-0.39, 0.29) is 48.5 Å². The lowest BCUT2D eigenvalue weighted by atomic mass is 10.1. The summed E-state index contributed by atoms with van der Waals surface area (Å²) in [5.74, 6) is -0.650. The Morgan fingerprint density at radius 2 is 1.61 bits per heavy atom. The second kappa shape index (κ2) is 9.32. The van der Waals surface area contributed by atoms with Gasteiger partial charge in [0.25, 0.3) is 5.91 Å². The molecule has 0 radical (unpaired) electrons. The number of primary amides is 1. The van der Waals surface area contributed by atoms with Crippen molar-refractivity contribution >= 4 is 27.7 Å². The molecule has 33 heavy (non-hydrogen) atoms. The largest absolute Gasteiger partial charge is 0.366 e. The van der Waals surface area contributed by atoms with E-state index in [9.17, 15) is 22.8 Å². The van der Waals surface area contributed by atoms with E-state index in [4.69, 9.17) is 5.73 Å². The summed E-state index contributed by atoms with van der Waals surface area (Å²) in [5, 5.41) is 0. The fourth-order valence-corrected chi connectivity index (χ4v) is 5.57. The lowest BCUT2D eigenvalue weighted by molar-refractivity contribution is -0.128. The van der Waals surface area contributed by atoms with Gasteiger partial charge in [0, 0.05) is 56.8 Å². The topological polar surface area (TPSA) is 121 Å². The van der Waals surface area contributed by atoms with Gasteiger partial charge >= 0.3 is 0 Å². The van der Waals surface area contributed by atoms with Crippen LogP contribution in [0, 0.1) is 0 Å². The van der Waals surface area contributed by atoms with Crippen LogP contribution in [0.15, 0.2) is 53.4 Å². The van der Waals surface area contributed by atoms with Crippen molar-refractivity contribution in [3.8, 4) is 0 Å². The predicted molar refractivity (Wildman–Crippen MR) is 121 cm³/mol. The van der Waals surface area contributed by atoms with Crippen LogP contribution >= 0.6 is 0 Å². The first-order valence-corrected chi connectivity index (χ1v) is 12.3. The summed E-state index contributed by atoms with van der Waals surface area (Å²) in [5.41, 5.74) is 6.87. The van der Waals surface area contributed by atoms with Gasteiger partial charge in [-0.05, 0) is 48.4 Å². The number of hydrogen-bond donors (Lipinski definition) is 1. The Kier molecular flexibility index (Phi) is 6.48. The molecule has 3 amide bonds. The third-order valence-electron chi connectivity index (χ3n) is 6.02. The highest BCUT2D eigenvalue weighted by Crippen LogP contribution is 2.20. The number of amides is 3. The molecule has 0 aromatic heterocycles. The first-order chi connectivity index (χ1) is 15.8. The number of nitrogens with zero attached hydrogens (tertiary/aromatic N) is 3. The average molecular weight is 471 g/mol. The summed E-state index contributed by atoms with van der Waals surface area (Å²) >= 11 is 0. The normalized spacial score (nSPS) is 17.4. The number of carbonyl (C=O) groups is 3. The first-order valence-electron chi connectivity index (χ1n) is 10.8. The zero-order chi connectivity index (χ0) is 23.6. The van der Waals surface area contributed by atoms with Gasteiger partial charge < -0.3 is 15.5 Å². The standard InChI is InChI=1S/C23H26N4O5S/c24-22(29)18-6-8-20(9-7-18)33(31,32)27-13-11-25(12-14-27)23(30)19-4-1-3-17(15-19)16-26-10-2-5-21(26)28/h1,3-4,6-9,15H,2,5,10-14,16H2,(H2,24,29). The molecule has 0 saturated carbocycles. The Hall–Kier alpha value is -3.24. The highest BCUT2D eigenvalue weighted by Gasteiger charge is 2.30. The molecule has 174 valence electrons. The van der Waals surface area contributed by atoms with Crippen molar-refractivity contribution in [1.29, 1.82) is 0 Å². The van der Waals surface area contributed by atoms with Gasteiger partial charge in [-0.15, -0.1) is 0 Å². The number of nitrogens with two attached hydrogens (primary N) is 1. The van der Waals surface area contributed by atoms with E-state index in [1.807, 2.05) is 6.07 Å². The zero-order valence-corrected chi connectivity index (χ0v) is 19.0. The van der Waals surface area contributed by atoms with Crippen LogP contribution < -0.4 is 5.73 Å². The molecule has 0 spiro atoms. The van der Waals surface area contributed by atoms with E-state index in [1.165, 1.54) is 28.6 Å². The summed E-state index contributed by atoms with van der Waals surface area (Å²) < 4.78 is 27.2. The van der Waals surface area contributed by atoms with E-state index >= 15 is 0 Å². The Labute approximate surface area is 192 Å². The van der Waals surface area contributed by atoms with Crippen LogP contribution in [0.25, 0.3) is 0 Å². The predicted octanol–water partition coefficient (Wildman–Crippen LogP) is 1.05. The third-order valence-corrected chi connectivity index (χ3v) is 7.93. The van der Waals surface area contributed by atoms with Crippen LogP contribution in [0.5, 0.6) is 0 Å². The van der Waals surface area contributed by atoms with E-state index < -0.39 is 15.9 Å². The maximum atomic E-state index is 13.0. The highest BCUT2D eigenvalue weighted by molar-refractivity contribution is 7.89. The lowest BCUT2D eigenvalue weighted by Gasteiger charge is -2.34. The molecule has 0 aliphatic carbocycles. The minimum atomic E-state index is -3.74. The van der Waals surface area contributed by atoms with Crippen molar-refractivity contribution in [2.24, 2.45) is 5.73 Å². The molecule has 0 bridgehead atoms. The van der Waals surface area contributed by atoms with Gasteiger partial charge in [0.05, 0.1) is 4.90 Å². The molecular weight excluding hydrogens is 444 g/mol. The number of piperazine rings is 1. The van der Waals surface area contributed by atoms with Crippen molar-refractivity contribution in [3.63, 3.8) is 0 Å². The second-order valence-corrected chi connectivity index (χ2v) is 10.1. The second-order valence-electron chi connectivity index (χ2n) is 8.20. The van der Waals surface area contributed by atoms with Crippen LogP contribution in [0.1, 0.15) is 39.1 Å².